The van der Waals surface area contributed by atoms with E-state index in [0.717, 1.165) is 11.4 Å². The second kappa shape index (κ2) is 6.57. The number of para-hydroxylation sites is 1. The molecule has 2 rings (SSSR count). The van der Waals surface area contributed by atoms with Crippen molar-refractivity contribution in [1.29, 1.82) is 0 Å². The number of nitrogens with one attached hydrogen (secondary N) is 1. The molecule has 0 atom stereocenters. The molecule has 0 unspecified atom stereocenters. The van der Waals surface area contributed by atoms with Crippen molar-refractivity contribution >= 4 is 28.8 Å². The van der Waals surface area contributed by atoms with Gasteiger partial charge in [0.15, 0.2) is 0 Å². The summed E-state index contributed by atoms with van der Waals surface area (Å²) in [5, 5.41) is 3.34. The monoisotopic (exact) mass is 288 g/mol. The Kier molecular flexibility index (Phi) is 4.79. The molecule has 0 aromatic heterocycles. The van der Waals surface area contributed by atoms with E-state index in [0.29, 0.717) is 11.4 Å². The third-order valence-corrected chi connectivity index (χ3v) is 3.50. The van der Waals surface area contributed by atoms with Crippen molar-refractivity contribution < 1.29 is 4.74 Å². The number of benzene rings is 2. The lowest BCUT2D eigenvalue weighted by molar-refractivity contribution is 0.244. The molecule has 4 heteroatoms. The molecule has 3 N–H and O–H groups in total. The first-order valence-electron chi connectivity index (χ1n) is 6.56. The molecule has 0 aliphatic heterocycles. The molecule has 0 saturated carbocycles. The third kappa shape index (κ3) is 3.61. The van der Waals surface area contributed by atoms with Crippen LogP contribution in [0.2, 0.25) is 0 Å². The van der Waals surface area contributed by atoms with Gasteiger partial charge in [-0.05, 0) is 50.4 Å². The quantitative estimate of drug-likeness (QED) is 0.627. The fraction of sp³-hybridized carbons (Fsp3) is 0.250. The maximum atomic E-state index is 6.16. The van der Waals surface area contributed by atoms with Crippen LogP contribution in [-0.4, -0.2) is 12.4 Å². The van der Waals surface area contributed by atoms with Gasteiger partial charge in [-0.2, -0.15) is 0 Å². The van der Waals surface area contributed by atoms with Gasteiger partial charge in [0.2, 0.25) is 0 Å². The highest BCUT2D eigenvalue weighted by molar-refractivity contribution is 7.98. The number of ether oxygens (including phenoxy) is 1. The number of thioether (sulfide) groups is 1. The molecule has 0 bridgehead atoms. The number of nitrogen functional groups attached to an aromatic ring is 1. The Morgan fingerprint density at radius 1 is 1.15 bits per heavy atom. The van der Waals surface area contributed by atoms with Crippen LogP contribution >= 0.6 is 11.8 Å². The lowest BCUT2D eigenvalue weighted by Gasteiger charge is -2.16. The summed E-state index contributed by atoms with van der Waals surface area (Å²) in [6, 6.07) is 14.0. The van der Waals surface area contributed by atoms with E-state index in [9.17, 15) is 0 Å². The average molecular weight is 288 g/mol. The highest BCUT2D eigenvalue weighted by Gasteiger charge is 2.08. The van der Waals surface area contributed by atoms with Crippen LogP contribution in [0, 0.1) is 0 Å². The highest BCUT2D eigenvalue weighted by Crippen LogP contribution is 2.32. The first-order valence-corrected chi connectivity index (χ1v) is 7.79. The van der Waals surface area contributed by atoms with E-state index < -0.39 is 0 Å². The number of nitrogens with two attached hydrogens (primary N) is 1. The van der Waals surface area contributed by atoms with Crippen molar-refractivity contribution in [1.82, 2.24) is 0 Å². The molecule has 0 saturated heterocycles. The predicted molar refractivity (Wildman–Crippen MR) is 88.1 cm³/mol. The van der Waals surface area contributed by atoms with Crippen molar-refractivity contribution in [2.75, 3.05) is 17.3 Å². The van der Waals surface area contributed by atoms with Gasteiger partial charge in [0.25, 0.3) is 0 Å². The van der Waals surface area contributed by atoms with Crippen LogP contribution in [-0.2, 0) is 0 Å². The van der Waals surface area contributed by atoms with Gasteiger partial charge in [-0.3, -0.25) is 0 Å². The lowest BCUT2D eigenvalue weighted by Crippen LogP contribution is -2.08. The summed E-state index contributed by atoms with van der Waals surface area (Å²) in [5.41, 5.74) is 8.67. The Morgan fingerprint density at radius 3 is 2.60 bits per heavy atom. The molecular weight excluding hydrogens is 268 g/mol. The Balaban J connectivity index is 2.24. The summed E-state index contributed by atoms with van der Waals surface area (Å²) >= 11 is 1.71. The third-order valence-electron chi connectivity index (χ3n) is 2.78. The minimum absolute atomic E-state index is 0.104. The number of rotatable bonds is 5. The van der Waals surface area contributed by atoms with Gasteiger partial charge in [0.05, 0.1) is 17.5 Å². The first kappa shape index (κ1) is 14.6. The van der Waals surface area contributed by atoms with E-state index in [2.05, 4.69) is 23.7 Å². The summed E-state index contributed by atoms with van der Waals surface area (Å²) in [4.78, 5) is 1.21. The van der Waals surface area contributed by atoms with Crippen LogP contribution in [0.3, 0.4) is 0 Å². The molecule has 106 valence electrons. The molecule has 0 radical (unpaired) electrons. The van der Waals surface area contributed by atoms with Gasteiger partial charge in [-0.15, -0.1) is 11.8 Å². The second-order valence-corrected chi connectivity index (χ2v) is 5.62. The number of hydrogen-bond acceptors (Lipinski definition) is 4. The summed E-state index contributed by atoms with van der Waals surface area (Å²) in [5.74, 6) is 0.714. The van der Waals surface area contributed by atoms with Crippen molar-refractivity contribution in [3.63, 3.8) is 0 Å². The normalized spacial score (nSPS) is 10.6. The van der Waals surface area contributed by atoms with Gasteiger partial charge in [-0.1, -0.05) is 12.1 Å². The molecule has 2 aromatic rings. The molecule has 2 aromatic carbocycles. The highest BCUT2D eigenvalue weighted by atomic mass is 32.2. The molecule has 0 aliphatic rings. The Bertz CT molecular complexity index is 584. The Morgan fingerprint density at radius 2 is 1.90 bits per heavy atom. The SMILES string of the molecule is CSc1cccc(Nc2cccc(OC(C)C)c2N)c1. The minimum atomic E-state index is 0.104. The van der Waals surface area contributed by atoms with Gasteiger partial charge in [0.1, 0.15) is 5.75 Å². The zero-order chi connectivity index (χ0) is 14.5. The van der Waals surface area contributed by atoms with Gasteiger partial charge in [-0.25, -0.2) is 0 Å². The van der Waals surface area contributed by atoms with E-state index >= 15 is 0 Å². The molecule has 0 aliphatic carbocycles. The van der Waals surface area contributed by atoms with Crippen LogP contribution in [0.15, 0.2) is 47.4 Å². The maximum Gasteiger partial charge on any atom is 0.144 e. The van der Waals surface area contributed by atoms with Crippen molar-refractivity contribution in [3.8, 4) is 5.75 Å². The molecule has 0 amide bonds. The zero-order valence-electron chi connectivity index (χ0n) is 12.0. The standard InChI is InChI=1S/C16H20N2OS/c1-11(2)19-15-9-5-8-14(16(15)17)18-12-6-4-7-13(10-12)20-3/h4-11,18H,17H2,1-3H3. The lowest BCUT2D eigenvalue weighted by atomic mass is 10.2. The Hall–Kier alpha value is -1.81. The largest absolute Gasteiger partial charge is 0.489 e. The van der Waals surface area contributed by atoms with Crippen LogP contribution in [0.25, 0.3) is 0 Å². The first-order chi connectivity index (χ1) is 9.60. The predicted octanol–water partition coefficient (Wildman–Crippen LogP) is 4.52. The average Bonchev–Trinajstić information content (AvgIpc) is 2.43. The van der Waals surface area contributed by atoms with E-state index in [-0.39, 0.29) is 6.10 Å². The van der Waals surface area contributed by atoms with Crippen LogP contribution < -0.4 is 15.8 Å². The van der Waals surface area contributed by atoms with Crippen LogP contribution in [0.5, 0.6) is 5.75 Å². The van der Waals surface area contributed by atoms with Gasteiger partial charge in [0, 0.05) is 10.6 Å². The fourth-order valence-electron chi connectivity index (χ4n) is 1.87. The molecule has 20 heavy (non-hydrogen) atoms. The van der Waals surface area contributed by atoms with Crippen LogP contribution in [0.4, 0.5) is 17.1 Å². The Labute approximate surface area is 124 Å². The fourth-order valence-corrected chi connectivity index (χ4v) is 2.33. The minimum Gasteiger partial charge on any atom is -0.489 e. The van der Waals surface area contributed by atoms with E-state index in [1.807, 2.05) is 44.2 Å². The smallest absolute Gasteiger partial charge is 0.144 e. The number of hydrogen-bond donors (Lipinski definition) is 2. The molecule has 0 heterocycles. The van der Waals surface area contributed by atoms with Crippen LogP contribution in [0.1, 0.15) is 13.8 Å². The topological polar surface area (TPSA) is 47.3 Å². The van der Waals surface area contributed by atoms with Crippen molar-refractivity contribution in [2.45, 2.75) is 24.8 Å². The van der Waals surface area contributed by atoms with E-state index in [1.165, 1.54) is 4.90 Å². The molecule has 3 nitrogen and oxygen atoms in total. The second-order valence-electron chi connectivity index (χ2n) is 4.74. The van der Waals surface area contributed by atoms with Gasteiger partial charge < -0.3 is 15.8 Å². The van der Waals surface area contributed by atoms with E-state index in [1.54, 1.807) is 11.8 Å². The maximum absolute atomic E-state index is 6.16. The van der Waals surface area contributed by atoms with E-state index in [4.69, 9.17) is 10.5 Å². The van der Waals surface area contributed by atoms with Gasteiger partial charge >= 0.3 is 0 Å². The summed E-state index contributed by atoms with van der Waals surface area (Å²) in [6.07, 6.45) is 2.16. The zero-order valence-corrected chi connectivity index (χ0v) is 12.8. The van der Waals surface area contributed by atoms with Crippen molar-refractivity contribution in [2.24, 2.45) is 0 Å². The number of anilines is 3. The molecule has 0 fully saturated rings. The molecule has 0 spiro atoms. The summed E-state index contributed by atoms with van der Waals surface area (Å²) < 4.78 is 5.70. The summed E-state index contributed by atoms with van der Waals surface area (Å²) in [6.45, 7) is 3.98. The summed E-state index contributed by atoms with van der Waals surface area (Å²) in [7, 11) is 0. The van der Waals surface area contributed by atoms with Crippen molar-refractivity contribution in [3.05, 3.63) is 42.5 Å². The molecular formula is C16H20N2OS.